The monoisotopic (exact) mass is 171 g/mol. The number of carboxylic acid groups (broad SMARTS) is 1. The third kappa shape index (κ3) is 2.81. The Bertz CT molecular complexity index is 141. The summed E-state index contributed by atoms with van der Waals surface area (Å²) >= 11 is 0. The van der Waals surface area contributed by atoms with Gasteiger partial charge in [0.2, 0.25) is 0 Å². The maximum absolute atomic E-state index is 9.24. The Kier molecular flexibility index (Phi) is 3.53. The largest absolute Gasteiger partial charge is 0.480 e. The maximum Gasteiger partial charge on any atom is 0.317 e. The SMILES string of the molecule is C1CC2CCC1C2.NCC(=O)O. The topological polar surface area (TPSA) is 63.3 Å². The standard InChI is InChI=1S/C7H12.C2H5NO2/c1-2-7-4-3-6(1)5-7;3-1-2(4)5/h6-7H,1-5H2;1,3H2,(H,4,5). The Balaban J connectivity index is 0.000000130. The van der Waals surface area contributed by atoms with E-state index in [1.165, 1.54) is 11.8 Å². The molecular formula is C9H17NO2. The van der Waals surface area contributed by atoms with Crippen molar-refractivity contribution in [2.24, 2.45) is 17.6 Å². The molecule has 2 saturated carbocycles. The van der Waals surface area contributed by atoms with E-state index < -0.39 is 5.97 Å². The van der Waals surface area contributed by atoms with E-state index in [2.05, 4.69) is 5.73 Å². The van der Waals surface area contributed by atoms with Crippen molar-refractivity contribution >= 4 is 5.97 Å². The second-order valence-corrected chi connectivity index (χ2v) is 3.72. The molecule has 0 saturated heterocycles. The Labute approximate surface area is 72.9 Å². The van der Waals surface area contributed by atoms with Gasteiger partial charge in [0.25, 0.3) is 0 Å². The third-order valence-electron chi connectivity index (χ3n) is 2.81. The molecule has 2 rings (SSSR count). The van der Waals surface area contributed by atoms with Crippen LogP contribution in [0.5, 0.6) is 0 Å². The van der Waals surface area contributed by atoms with Gasteiger partial charge in [0.1, 0.15) is 0 Å². The van der Waals surface area contributed by atoms with Gasteiger partial charge in [-0.15, -0.1) is 0 Å². The molecule has 0 aromatic heterocycles. The highest BCUT2D eigenvalue weighted by atomic mass is 16.4. The van der Waals surface area contributed by atoms with Gasteiger partial charge in [0.15, 0.2) is 0 Å². The fourth-order valence-corrected chi connectivity index (χ4v) is 2.17. The van der Waals surface area contributed by atoms with E-state index in [1.54, 1.807) is 32.1 Å². The zero-order chi connectivity index (χ0) is 8.97. The van der Waals surface area contributed by atoms with Crippen LogP contribution in [0.2, 0.25) is 0 Å². The van der Waals surface area contributed by atoms with E-state index >= 15 is 0 Å². The molecule has 2 bridgehead atoms. The zero-order valence-electron chi connectivity index (χ0n) is 7.33. The molecule has 0 heterocycles. The molecule has 12 heavy (non-hydrogen) atoms. The molecule has 0 amide bonds. The molecule has 3 heteroatoms. The van der Waals surface area contributed by atoms with E-state index in [4.69, 9.17) is 5.11 Å². The molecule has 3 nitrogen and oxygen atoms in total. The molecule has 0 spiro atoms. The first kappa shape index (κ1) is 9.52. The lowest BCUT2D eigenvalue weighted by Crippen LogP contribution is -2.10. The molecule has 2 aliphatic carbocycles. The Morgan fingerprint density at radius 2 is 1.58 bits per heavy atom. The average molecular weight is 171 g/mol. The number of carbonyl (C=O) groups is 1. The fraction of sp³-hybridized carbons (Fsp3) is 0.889. The van der Waals surface area contributed by atoms with Crippen LogP contribution in [0.15, 0.2) is 0 Å². The van der Waals surface area contributed by atoms with Crippen LogP contribution in [0, 0.1) is 11.8 Å². The summed E-state index contributed by atoms with van der Waals surface area (Å²) in [7, 11) is 0. The van der Waals surface area contributed by atoms with Crippen LogP contribution in [-0.4, -0.2) is 17.6 Å². The predicted octanol–water partition coefficient (Wildman–Crippen LogP) is 1.23. The van der Waals surface area contributed by atoms with Crippen molar-refractivity contribution in [2.75, 3.05) is 6.54 Å². The molecule has 2 aliphatic rings. The number of hydrogen-bond acceptors (Lipinski definition) is 2. The Hall–Kier alpha value is -0.570. The molecular weight excluding hydrogens is 154 g/mol. The molecule has 0 radical (unpaired) electrons. The van der Waals surface area contributed by atoms with E-state index in [9.17, 15) is 4.79 Å². The lowest BCUT2D eigenvalue weighted by atomic mass is 10.0. The number of hydrogen-bond donors (Lipinski definition) is 2. The molecule has 0 aromatic rings. The van der Waals surface area contributed by atoms with Crippen LogP contribution in [-0.2, 0) is 4.79 Å². The summed E-state index contributed by atoms with van der Waals surface area (Å²) in [6, 6.07) is 0. The number of aliphatic carboxylic acids is 1. The minimum atomic E-state index is -0.968. The van der Waals surface area contributed by atoms with E-state index in [1.807, 2.05) is 0 Å². The first-order chi connectivity index (χ1) is 5.72. The second kappa shape index (κ2) is 4.45. The smallest absolute Gasteiger partial charge is 0.317 e. The quantitative estimate of drug-likeness (QED) is 0.623. The fourth-order valence-electron chi connectivity index (χ4n) is 2.17. The van der Waals surface area contributed by atoms with Gasteiger partial charge in [-0.1, -0.05) is 25.7 Å². The van der Waals surface area contributed by atoms with Crippen molar-refractivity contribution in [3.63, 3.8) is 0 Å². The molecule has 0 unspecified atom stereocenters. The van der Waals surface area contributed by atoms with Gasteiger partial charge < -0.3 is 10.8 Å². The van der Waals surface area contributed by atoms with E-state index in [-0.39, 0.29) is 6.54 Å². The summed E-state index contributed by atoms with van der Waals surface area (Å²) in [5.41, 5.74) is 4.57. The number of nitrogens with two attached hydrogens (primary N) is 1. The summed E-state index contributed by atoms with van der Waals surface area (Å²) in [5.74, 6) is 1.37. The maximum atomic E-state index is 9.24. The van der Waals surface area contributed by atoms with Gasteiger partial charge in [-0.05, 0) is 18.3 Å². The van der Waals surface area contributed by atoms with Crippen molar-refractivity contribution in [1.29, 1.82) is 0 Å². The van der Waals surface area contributed by atoms with Crippen LogP contribution < -0.4 is 5.73 Å². The predicted molar refractivity (Wildman–Crippen MR) is 46.8 cm³/mol. The van der Waals surface area contributed by atoms with Crippen molar-refractivity contribution in [3.05, 3.63) is 0 Å². The van der Waals surface area contributed by atoms with Crippen molar-refractivity contribution in [2.45, 2.75) is 32.1 Å². The van der Waals surface area contributed by atoms with Gasteiger partial charge in [-0.3, -0.25) is 4.79 Å². The summed E-state index contributed by atoms with van der Waals surface area (Å²) in [5, 5.41) is 7.60. The van der Waals surface area contributed by atoms with Crippen LogP contribution in [0.1, 0.15) is 32.1 Å². The molecule has 2 fully saturated rings. The van der Waals surface area contributed by atoms with Gasteiger partial charge in [-0.2, -0.15) is 0 Å². The third-order valence-corrected chi connectivity index (χ3v) is 2.81. The minimum absolute atomic E-state index is 0.278. The van der Waals surface area contributed by atoms with Crippen LogP contribution >= 0.6 is 0 Å². The average Bonchev–Trinajstić information content (AvgIpc) is 2.67. The molecule has 0 aromatic carbocycles. The highest BCUT2D eigenvalue weighted by molar-refractivity contribution is 5.68. The van der Waals surface area contributed by atoms with E-state index in [0.29, 0.717) is 0 Å². The number of carboxylic acids is 1. The molecule has 3 N–H and O–H groups in total. The summed E-state index contributed by atoms with van der Waals surface area (Å²) in [6.07, 6.45) is 7.82. The first-order valence-electron chi connectivity index (χ1n) is 4.64. The van der Waals surface area contributed by atoms with Gasteiger partial charge >= 0.3 is 5.97 Å². The number of fused-ring (bicyclic) bond motifs is 2. The van der Waals surface area contributed by atoms with Crippen LogP contribution in [0.4, 0.5) is 0 Å². The van der Waals surface area contributed by atoms with E-state index in [0.717, 1.165) is 0 Å². The lowest BCUT2D eigenvalue weighted by Gasteiger charge is -2.05. The highest BCUT2D eigenvalue weighted by Gasteiger charge is 2.30. The molecule has 0 atom stereocenters. The normalized spacial score (nSPS) is 31.1. The summed E-state index contributed by atoms with van der Waals surface area (Å²) in [4.78, 5) is 9.24. The zero-order valence-corrected chi connectivity index (χ0v) is 7.33. The van der Waals surface area contributed by atoms with Crippen molar-refractivity contribution in [1.82, 2.24) is 0 Å². The Morgan fingerprint density at radius 1 is 1.25 bits per heavy atom. The second-order valence-electron chi connectivity index (χ2n) is 3.72. The molecule has 70 valence electrons. The van der Waals surface area contributed by atoms with Crippen molar-refractivity contribution < 1.29 is 9.90 Å². The minimum Gasteiger partial charge on any atom is -0.480 e. The number of rotatable bonds is 1. The summed E-state index contributed by atoms with van der Waals surface area (Å²) < 4.78 is 0. The van der Waals surface area contributed by atoms with Gasteiger partial charge in [0, 0.05) is 0 Å². The van der Waals surface area contributed by atoms with Crippen LogP contribution in [0.3, 0.4) is 0 Å². The lowest BCUT2D eigenvalue weighted by molar-refractivity contribution is -0.135. The highest BCUT2D eigenvalue weighted by Crippen LogP contribution is 2.43. The van der Waals surface area contributed by atoms with Crippen LogP contribution in [0.25, 0.3) is 0 Å². The first-order valence-corrected chi connectivity index (χ1v) is 4.64. The summed E-state index contributed by atoms with van der Waals surface area (Å²) in [6.45, 7) is -0.278. The Morgan fingerprint density at radius 3 is 1.67 bits per heavy atom. The van der Waals surface area contributed by atoms with Gasteiger partial charge in [-0.25, -0.2) is 0 Å². The van der Waals surface area contributed by atoms with Gasteiger partial charge in [0.05, 0.1) is 6.54 Å². The molecule has 0 aliphatic heterocycles. The van der Waals surface area contributed by atoms with Crippen molar-refractivity contribution in [3.8, 4) is 0 Å².